The zero-order chi connectivity index (χ0) is 13.3. The average molecular weight is 364 g/mol. The molecular weight excluding hydrogens is 347 g/mol. The summed E-state index contributed by atoms with van der Waals surface area (Å²) in [6.45, 7) is 3.77. The number of ether oxygens (including phenoxy) is 2. The minimum absolute atomic E-state index is 0.142. The minimum atomic E-state index is -0.728. The number of esters is 1. The third-order valence-electron chi connectivity index (χ3n) is 3.29. The molecule has 4 nitrogen and oxygen atoms in total. The number of carbonyl (C=O) groups is 1. The predicted molar refractivity (Wildman–Crippen MR) is 75.5 cm³/mol. The number of carbonyl (C=O) groups excluding carboxylic acids is 1. The number of allylic oxidation sites excluding steroid dienone is 2. The summed E-state index contributed by atoms with van der Waals surface area (Å²) in [7, 11) is 0. The molecule has 0 aromatic rings. The number of cyclic esters (lactones) is 1. The van der Waals surface area contributed by atoms with Gasteiger partial charge < -0.3 is 14.6 Å². The Balaban J connectivity index is 2.25. The highest BCUT2D eigenvalue weighted by atomic mass is 127. The second-order valence-electron chi connectivity index (χ2n) is 4.48. The lowest BCUT2D eigenvalue weighted by molar-refractivity contribution is -0.148. The smallest absolute Gasteiger partial charge is 0.315 e. The van der Waals surface area contributed by atoms with Crippen LogP contribution in [0.4, 0.5) is 0 Å². The molecule has 2 aliphatic heterocycles. The summed E-state index contributed by atoms with van der Waals surface area (Å²) in [5.74, 6) is -0.939. The molecular formula is C13H17IO4. The third kappa shape index (κ3) is 2.35. The largest absolute Gasteiger partial charge is 0.455 e. The van der Waals surface area contributed by atoms with Crippen LogP contribution in [0.3, 0.4) is 0 Å². The fourth-order valence-corrected chi connectivity index (χ4v) is 3.30. The first-order chi connectivity index (χ1) is 8.60. The number of hydrogen-bond acceptors (Lipinski definition) is 4. The van der Waals surface area contributed by atoms with E-state index in [1.165, 1.54) is 0 Å². The van der Waals surface area contributed by atoms with Crippen molar-refractivity contribution in [2.45, 2.75) is 42.2 Å². The van der Waals surface area contributed by atoms with Crippen LogP contribution in [-0.2, 0) is 14.3 Å². The maximum atomic E-state index is 11.8. The lowest BCUT2D eigenvalue weighted by Crippen LogP contribution is -2.52. The van der Waals surface area contributed by atoms with Gasteiger partial charge in [0.05, 0.1) is 16.1 Å². The zero-order valence-corrected chi connectivity index (χ0v) is 12.5. The van der Waals surface area contributed by atoms with E-state index in [0.29, 0.717) is 0 Å². The van der Waals surface area contributed by atoms with Crippen LogP contribution in [0.5, 0.6) is 0 Å². The molecule has 0 amide bonds. The average Bonchev–Trinajstić information content (AvgIpc) is 2.63. The van der Waals surface area contributed by atoms with Gasteiger partial charge in [-0.15, -0.1) is 0 Å². The fourth-order valence-electron chi connectivity index (χ4n) is 2.44. The van der Waals surface area contributed by atoms with Crippen molar-refractivity contribution in [3.63, 3.8) is 0 Å². The third-order valence-corrected chi connectivity index (χ3v) is 4.73. The Hall–Kier alpha value is -0.400. The molecule has 5 heteroatoms. The Morgan fingerprint density at radius 1 is 1.22 bits per heavy atom. The normalized spacial score (nSPS) is 44.6. The summed E-state index contributed by atoms with van der Waals surface area (Å²) in [4.78, 5) is 11.8. The van der Waals surface area contributed by atoms with Crippen LogP contribution in [0.2, 0.25) is 0 Å². The molecule has 0 aromatic heterocycles. The molecule has 100 valence electrons. The number of hydrogen-bond donors (Lipinski definition) is 1. The molecule has 1 N–H and O–H groups in total. The summed E-state index contributed by atoms with van der Waals surface area (Å²) < 4.78 is 11.0. The Morgan fingerprint density at radius 3 is 2.44 bits per heavy atom. The highest BCUT2D eigenvalue weighted by Gasteiger charge is 2.55. The SMILES string of the molecule is C/C=C/[C@@H]1OC(=O)[C@@H]2[C@@H](O)[C@H](I)[C@@H](/C=C/C)O[C@H]21. The lowest BCUT2D eigenvalue weighted by Gasteiger charge is -2.37. The fraction of sp³-hybridized carbons (Fsp3) is 0.615. The summed E-state index contributed by atoms with van der Waals surface area (Å²) in [5.41, 5.74) is 0. The quantitative estimate of drug-likeness (QED) is 0.350. The van der Waals surface area contributed by atoms with Gasteiger partial charge in [0, 0.05) is 0 Å². The second-order valence-corrected chi connectivity index (χ2v) is 5.92. The van der Waals surface area contributed by atoms with E-state index < -0.39 is 18.1 Å². The number of aliphatic hydroxyl groups is 1. The number of fused-ring (bicyclic) bond motifs is 1. The molecule has 0 radical (unpaired) electrons. The monoisotopic (exact) mass is 364 g/mol. The molecule has 18 heavy (non-hydrogen) atoms. The molecule has 2 rings (SSSR count). The van der Waals surface area contributed by atoms with Crippen LogP contribution in [0.15, 0.2) is 24.3 Å². The standard InChI is InChI=1S/C13H17IO4/c1-3-5-7-10(14)11(15)9-12(17-7)8(6-4-2)18-13(9)16/h3-12,15H,1-2H3/b5-3+,6-4+/t7-,8+,9-,10-,11-,12+/m1/s1. The second kappa shape index (κ2) is 5.71. The van der Waals surface area contributed by atoms with E-state index in [9.17, 15) is 9.90 Å². The molecule has 2 heterocycles. The molecule has 0 aliphatic carbocycles. The minimum Gasteiger partial charge on any atom is -0.455 e. The molecule has 0 bridgehead atoms. The van der Waals surface area contributed by atoms with Crippen LogP contribution in [0, 0.1) is 5.92 Å². The van der Waals surface area contributed by atoms with Gasteiger partial charge in [-0.1, -0.05) is 40.8 Å². The number of rotatable bonds is 2. The molecule has 2 saturated heterocycles. The Kier molecular flexibility index (Phi) is 4.45. The topological polar surface area (TPSA) is 55.8 Å². The molecule has 0 spiro atoms. The van der Waals surface area contributed by atoms with Crippen LogP contribution in [0.25, 0.3) is 0 Å². The van der Waals surface area contributed by atoms with Gasteiger partial charge >= 0.3 is 5.97 Å². The Morgan fingerprint density at radius 2 is 1.83 bits per heavy atom. The van der Waals surface area contributed by atoms with Crippen molar-refractivity contribution in [3.8, 4) is 0 Å². The van der Waals surface area contributed by atoms with Gasteiger partial charge in [0.1, 0.15) is 18.1 Å². The Labute approximate surface area is 120 Å². The highest BCUT2D eigenvalue weighted by Crippen LogP contribution is 2.38. The first-order valence-electron chi connectivity index (χ1n) is 6.04. The van der Waals surface area contributed by atoms with Crippen molar-refractivity contribution in [1.29, 1.82) is 0 Å². The van der Waals surface area contributed by atoms with Gasteiger partial charge in [0.15, 0.2) is 0 Å². The van der Waals surface area contributed by atoms with Gasteiger partial charge in [-0.3, -0.25) is 4.79 Å². The summed E-state index contributed by atoms with van der Waals surface area (Å²) in [6, 6.07) is 0. The van der Waals surface area contributed by atoms with Crippen molar-refractivity contribution in [2.75, 3.05) is 0 Å². The van der Waals surface area contributed by atoms with Gasteiger partial charge in [0.2, 0.25) is 0 Å². The molecule has 0 aromatic carbocycles. The van der Waals surface area contributed by atoms with E-state index in [0.717, 1.165) is 0 Å². The van der Waals surface area contributed by atoms with E-state index in [-0.39, 0.29) is 22.1 Å². The van der Waals surface area contributed by atoms with Crippen molar-refractivity contribution < 1.29 is 19.4 Å². The predicted octanol–water partition coefficient (Wildman–Crippen LogP) is 1.61. The molecule has 2 fully saturated rings. The van der Waals surface area contributed by atoms with Gasteiger partial charge in [0.25, 0.3) is 0 Å². The zero-order valence-electron chi connectivity index (χ0n) is 10.3. The summed E-state index contributed by atoms with van der Waals surface area (Å²) >= 11 is 2.13. The van der Waals surface area contributed by atoms with Gasteiger partial charge in [-0.05, 0) is 19.9 Å². The van der Waals surface area contributed by atoms with Crippen LogP contribution in [-0.4, -0.2) is 39.4 Å². The maximum Gasteiger partial charge on any atom is 0.315 e. The molecule has 0 saturated carbocycles. The van der Waals surface area contributed by atoms with Crippen LogP contribution < -0.4 is 0 Å². The van der Waals surface area contributed by atoms with Crippen molar-refractivity contribution in [3.05, 3.63) is 24.3 Å². The molecule has 6 atom stereocenters. The highest BCUT2D eigenvalue weighted by molar-refractivity contribution is 14.1. The molecule has 2 aliphatic rings. The van der Waals surface area contributed by atoms with E-state index in [2.05, 4.69) is 22.6 Å². The number of halogens is 1. The van der Waals surface area contributed by atoms with E-state index in [1.54, 1.807) is 6.08 Å². The van der Waals surface area contributed by atoms with Crippen LogP contribution >= 0.6 is 22.6 Å². The van der Waals surface area contributed by atoms with E-state index >= 15 is 0 Å². The first-order valence-corrected chi connectivity index (χ1v) is 7.28. The number of alkyl halides is 1. The maximum absolute atomic E-state index is 11.8. The van der Waals surface area contributed by atoms with E-state index in [4.69, 9.17) is 9.47 Å². The number of aliphatic hydroxyl groups excluding tert-OH is 1. The van der Waals surface area contributed by atoms with Gasteiger partial charge in [-0.2, -0.15) is 0 Å². The lowest BCUT2D eigenvalue weighted by atomic mass is 9.88. The van der Waals surface area contributed by atoms with Crippen LogP contribution in [0.1, 0.15) is 13.8 Å². The van der Waals surface area contributed by atoms with Gasteiger partial charge in [-0.25, -0.2) is 0 Å². The van der Waals surface area contributed by atoms with Crippen molar-refractivity contribution >= 4 is 28.6 Å². The molecule has 0 unspecified atom stereocenters. The van der Waals surface area contributed by atoms with Crippen molar-refractivity contribution in [1.82, 2.24) is 0 Å². The summed E-state index contributed by atoms with van der Waals surface area (Å²) in [5, 5.41) is 10.3. The first kappa shape index (κ1) is 14.0. The summed E-state index contributed by atoms with van der Waals surface area (Å²) in [6.07, 6.45) is 5.74. The van der Waals surface area contributed by atoms with Crippen molar-refractivity contribution in [2.24, 2.45) is 5.92 Å². The van der Waals surface area contributed by atoms with E-state index in [1.807, 2.05) is 32.1 Å². The Bertz CT molecular complexity index is 379.